The van der Waals surface area contributed by atoms with Gasteiger partial charge in [-0.05, 0) is 38.7 Å². The Labute approximate surface area is 129 Å². The Bertz CT molecular complexity index is 409. The number of likely N-dealkylation sites (N-methyl/N-ethyl adjacent to an activating group) is 2. The average molecular weight is 293 g/mol. The van der Waals surface area contributed by atoms with Crippen molar-refractivity contribution in [2.75, 3.05) is 40.8 Å². The maximum Gasteiger partial charge on any atom is 0.0713 e. The van der Waals surface area contributed by atoms with Crippen LogP contribution in [0.1, 0.15) is 31.0 Å². The topological polar surface area (TPSA) is 41.7 Å². The average Bonchev–Trinajstić information content (AvgIpc) is 2.44. The Kier molecular flexibility index (Phi) is 7.89. The summed E-state index contributed by atoms with van der Waals surface area (Å²) < 4.78 is 5.23. The van der Waals surface area contributed by atoms with Crippen LogP contribution in [0.5, 0.6) is 0 Å². The number of benzene rings is 1. The third-order valence-corrected chi connectivity index (χ3v) is 3.83. The van der Waals surface area contributed by atoms with E-state index in [2.05, 4.69) is 62.0 Å². The van der Waals surface area contributed by atoms with Gasteiger partial charge in [0, 0.05) is 32.3 Å². The lowest BCUT2D eigenvalue weighted by molar-refractivity contribution is 0.130. The van der Waals surface area contributed by atoms with Gasteiger partial charge in [0.05, 0.1) is 6.61 Å². The summed E-state index contributed by atoms with van der Waals surface area (Å²) in [5, 5.41) is 0. The van der Waals surface area contributed by atoms with E-state index in [1.165, 1.54) is 11.1 Å². The molecule has 0 bridgehead atoms. The highest BCUT2D eigenvalue weighted by Crippen LogP contribution is 2.23. The van der Waals surface area contributed by atoms with Gasteiger partial charge in [-0.2, -0.15) is 0 Å². The van der Waals surface area contributed by atoms with Crippen LogP contribution in [0.15, 0.2) is 24.3 Å². The predicted molar refractivity (Wildman–Crippen MR) is 89.3 cm³/mol. The number of nitrogens with two attached hydrogens (primary N) is 1. The first-order chi connectivity index (χ1) is 10.0. The highest BCUT2D eigenvalue weighted by molar-refractivity contribution is 5.26. The molecule has 0 fully saturated rings. The molecule has 21 heavy (non-hydrogen) atoms. The first kappa shape index (κ1) is 18.1. The fourth-order valence-corrected chi connectivity index (χ4v) is 2.99. The molecule has 4 nitrogen and oxygen atoms in total. The second kappa shape index (κ2) is 9.15. The Morgan fingerprint density at radius 1 is 1.29 bits per heavy atom. The van der Waals surface area contributed by atoms with E-state index in [1.807, 2.05) is 0 Å². The van der Waals surface area contributed by atoms with Gasteiger partial charge < -0.3 is 15.4 Å². The van der Waals surface area contributed by atoms with E-state index in [-0.39, 0.29) is 6.04 Å². The SMILES string of the molecule is CCN(C(C)CN(C)C)C(CN)c1cccc(COC)c1. The van der Waals surface area contributed by atoms with E-state index in [4.69, 9.17) is 10.5 Å². The standard InChI is InChI=1S/C17H31N3O/c1-6-20(14(2)12-19(3)4)17(11-18)16-9-7-8-15(10-16)13-21-5/h7-10,14,17H,6,11-13,18H2,1-5H3. The Hall–Kier alpha value is -0.940. The fraction of sp³-hybridized carbons (Fsp3) is 0.647. The van der Waals surface area contributed by atoms with Gasteiger partial charge in [0.25, 0.3) is 0 Å². The van der Waals surface area contributed by atoms with Crippen LogP contribution in [0.4, 0.5) is 0 Å². The third-order valence-electron chi connectivity index (χ3n) is 3.83. The van der Waals surface area contributed by atoms with Gasteiger partial charge in [-0.3, -0.25) is 4.90 Å². The van der Waals surface area contributed by atoms with Crippen molar-refractivity contribution in [3.63, 3.8) is 0 Å². The first-order valence-corrected chi connectivity index (χ1v) is 7.71. The second-order valence-electron chi connectivity index (χ2n) is 5.87. The van der Waals surface area contributed by atoms with E-state index >= 15 is 0 Å². The summed E-state index contributed by atoms with van der Waals surface area (Å²) >= 11 is 0. The largest absolute Gasteiger partial charge is 0.380 e. The van der Waals surface area contributed by atoms with E-state index in [9.17, 15) is 0 Å². The molecule has 0 aliphatic heterocycles. The molecule has 1 aromatic carbocycles. The minimum absolute atomic E-state index is 0.252. The lowest BCUT2D eigenvalue weighted by Gasteiger charge is -2.36. The molecular weight excluding hydrogens is 262 g/mol. The predicted octanol–water partition coefficient (Wildman–Crippen LogP) is 2.10. The molecule has 4 heteroatoms. The number of nitrogens with zero attached hydrogens (tertiary/aromatic N) is 2. The normalized spacial score (nSPS) is 14.7. The van der Waals surface area contributed by atoms with Crippen LogP contribution in [0.25, 0.3) is 0 Å². The van der Waals surface area contributed by atoms with Gasteiger partial charge in [0.15, 0.2) is 0 Å². The number of hydrogen-bond donors (Lipinski definition) is 1. The smallest absolute Gasteiger partial charge is 0.0713 e. The quantitative estimate of drug-likeness (QED) is 0.757. The van der Waals surface area contributed by atoms with Crippen LogP contribution in [0.2, 0.25) is 0 Å². The maximum absolute atomic E-state index is 6.09. The van der Waals surface area contributed by atoms with Crippen molar-refractivity contribution in [1.29, 1.82) is 0 Å². The zero-order chi connectivity index (χ0) is 15.8. The minimum Gasteiger partial charge on any atom is -0.380 e. The lowest BCUT2D eigenvalue weighted by Crippen LogP contribution is -2.44. The van der Waals surface area contributed by atoms with E-state index < -0.39 is 0 Å². The van der Waals surface area contributed by atoms with Crippen LogP contribution in [0, 0.1) is 0 Å². The van der Waals surface area contributed by atoms with Gasteiger partial charge in [-0.25, -0.2) is 0 Å². The van der Waals surface area contributed by atoms with Gasteiger partial charge in [0.2, 0.25) is 0 Å². The van der Waals surface area contributed by atoms with Crippen molar-refractivity contribution in [3.8, 4) is 0 Å². The van der Waals surface area contributed by atoms with Crippen molar-refractivity contribution < 1.29 is 4.74 Å². The summed E-state index contributed by atoms with van der Waals surface area (Å²) in [5.41, 5.74) is 8.56. The van der Waals surface area contributed by atoms with Crippen molar-refractivity contribution in [3.05, 3.63) is 35.4 Å². The molecule has 2 N–H and O–H groups in total. The summed E-state index contributed by atoms with van der Waals surface area (Å²) in [6, 6.07) is 9.29. The highest BCUT2D eigenvalue weighted by atomic mass is 16.5. The highest BCUT2D eigenvalue weighted by Gasteiger charge is 2.23. The van der Waals surface area contributed by atoms with Crippen LogP contribution in [-0.2, 0) is 11.3 Å². The molecule has 2 atom stereocenters. The summed E-state index contributed by atoms with van der Waals surface area (Å²) in [6.45, 7) is 7.76. The zero-order valence-electron chi connectivity index (χ0n) is 14.2. The molecule has 0 saturated carbocycles. The van der Waals surface area contributed by atoms with Crippen LogP contribution in [0.3, 0.4) is 0 Å². The molecule has 0 heterocycles. The van der Waals surface area contributed by atoms with Crippen LogP contribution in [-0.4, -0.2) is 56.7 Å². The van der Waals surface area contributed by atoms with Gasteiger partial charge in [-0.1, -0.05) is 31.2 Å². The monoisotopic (exact) mass is 293 g/mol. The Balaban J connectivity index is 2.95. The zero-order valence-corrected chi connectivity index (χ0v) is 14.2. The molecule has 0 aliphatic carbocycles. The number of rotatable bonds is 9. The number of methoxy groups -OCH3 is 1. The molecule has 1 aromatic rings. The van der Waals surface area contributed by atoms with Gasteiger partial charge in [0.1, 0.15) is 0 Å². The molecule has 0 aliphatic rings. The molecule has 0 aromatic heterocycles. The molecule has 2 unspecified atom stereocenters. The van der Waals surface area contributed by atoms with Crippen LogP contribution < -0.4 is 5.73 Å². The fourth-order valence-electron chi connectivity index (χ4n) is 2.99. The second-order valence-corrected chi connectivity index (χ2v) is 5.87. The van der Waals surface area contributed by atoms with Crippen molar-refractivity contribution in [2.24, 2.45) is 5.73 Å². The molecule has 1 rings (SSSR count). The van der Waals surface area contributed by atoms with Gasteiger partial charge >= 0.3 is 0 Å². The molecule has 0 saturated heterocycles. The van der Waals surface area contributed by atoms with E-state index in [0.29, 0.717) is 19.2 Å². The third kappa shape index (κ3) is 5.40. The van der Waals surface area contributed by atoms with E-state index in [1.54, 1.807) is 7.11 Å². The minimum atomic E-state index is 0.252. The number of ether oxygens (including phenoxy) is 1. The Morgan fingerprint density at radius 3 is 2.52 bits per heavy atom. The van der Waals surface area contributed by atoms with Crippen molar-refractivity contribution >= 4 is 0 Å². The summed E-state index contributed by atoms with van der Waals surface area (Å²) in [4.78, 5) is 4.70. The maximum atomic E-state index is 6.09. The molecule has 0 radical (unpaired) electrons. The van der Waals surface area contributed by atoms with Crippen LogP contribution >= 0.6 is 0 Å². The Morgan fingerprint density at radius 2 is 2.00 bits per heavy atom. The molecule has 120 valence electrons. The summed E-state index contributed by atoms with van der Waals surface area (Å²) in [7, 11) is 5.95. The van der Waals surface area contributed by atoms with Crippen molar-refractivity contribution in [1.82, 2.24) is 9.80 Å². The van der Waals surface area contributed by atoms with E-state index in [0.717, 1.165) is 13.1 Å². The molecule has 0 spiro atoms. The summed E-state index contributed by atoms with van der Waals surface area (Å²) in [6.07, 6.45) is 0. The van der Waals surface area contributed by atoms with Gasteiger partial charge in [-0.15, -0.1) is 0 Å². The lowest BCUT2D eigenvalue weighted by atomic mass is 10.0. The summed E-state index contributed by atoms with van der Waals surface area (Å²) in [5.74, 6) is 0. The molecule has 0 amide bonds. The molecular formula is C17H31N3O. The first-order valence-electron chi connectivity index (χ1n) is 7.71. The number of hydrogen-bond acceptors (Lipinski definition) is 4. The van der Waals surface area contributed by atoms with Crippen molar-refractivity contribution in [2.45, 2.75) is 32.5 Å².